The first-order chi connectivity index (χ1) is 23.3. The van der Waals surface area contributed by atoms with Gasteiger partial charge in [0.1, 0.15) is 18.0 Å². The Kier molecular flexibility index (Phi) is 9.82. The lowest BCUT2D eigenvalue weighted by atomic mass is 9.98. The Labute approximate surface area is 282 Å². The van der Waals surface area contributed by atoms with Gasteiger partial charge in [-0.25, -0.2) is 4.79 Å². The molecular weight excluding hydrogens is 604 g/mol. The molecule has 2 fully saturated rings. The largest absolute Gasteiger partial charge is 0.497 e. The van der Waals surface area contributed by atoms with Crippen LogP contribution in [0.25, 0.3) is 10.8 Å². The van der Waals surface area contributed by atoms with Crippen molar-refractivity contribution in [1.29, 1.82) is 0 Å². The molecule has 2 aliphatic rings. The lowest BCUT2D eigenvalue weighted by molar-refractivity contribution is -0.157. The summed E-state index contributed by atoms with van der Waals surface area (Å²) in [6.45, 7) is 3.48. The standard InChI is InChI=1S/C38H44N6O4/c1-5-21-42(38(47)39-23-28-15-19-32(48-4)20-16-28)43-26-36(45)44-34(22-27-13-17-31(18-14-27)40(2)3)37(46)41(25-35(43)44)24-30-11-8-10-29-9-6-7-12-33(29)30/h6-20,34-35H,5,21-26H2,1-4H3,(H,39,47)/t34-,35+/m0/s1. The van der Waals surface area contributed by atoms with E-state index in [2.05, 4.69) is 29.6 Å². The number of methoxy groups -OCH3 is 1. The number of nitrogens with zero attached hydrogens (tertiary/aromatic N) is 5. The van der Waals surface area contributed by atoms with Gasteiger partial charge in [0.2, 0.25) is 11.8 Å². The fourth-order valence-electron chi connectivity index (χ4n) is 6.75. The van der Waals surface area contributed by atoms with Gasteiger partial charge < -0.3 is 24.8 Å². The van der Waals surface area contributed by atoms with Crippen LogP contribution in [0.3, 0.4) is 0 Å². The topological polar surface area (TPSA) is 88.7 Å². The molecule has 0 unspecified atom stereocenters. The number of ether oxygens (including phenoxy) is 1. The Balaban J connectivity index is 1.30. The summed E-state index contributed by atoms with van der Waals surface area (Å²) in [7, 11) is 5.59. The number of carbonyl (C=O) groups excluding carboxylic acids is 3. The quantitative estimate of drug-likeness (QED) is 0.250. The van der Waals surface area contributed by atoms with Gasteiger partial charge in [-0.15, -0.1) is 0 Å². The van der Waals surface area contributed by atoms with Crippen LogP contribution >= 0.6 is 0 Å². The number of urea groups is 1. The van der Waals surface area contributed by atoms with Gasteiger partial charge in [-0.05, 0) is 58.1 Å². The van der Waals surface area contributed by atoms with Crippen molar-refractivity contribution in [2.24, 2.45) is 0 Å². The summed E-state index contributed by atoms with van der Waals surface area (Å²) in [5.74, 6) is 0.505. The Morgan fingerprint density at radius 2 is 1.62 bits per heavy atom. The zero-order chi connectivity index (χ0) is 33.8. The van der Waals surface area contributed by atoms with Gasteiger partial charge in [0.15, 0.2) is 0 Å². The predicted octanol–water partition coefficient (Wildman–Crippen LogP) is 4.88. The Hall–Kier alpha value is -5.09. The molecule has 0 aromatic heterocycles. The number of hydrazine groups is 1. The Morgan fingerprint density at radius 3 is 2.33 bits per heavy atom. The molecule has 6 rings (SSSR count). The smallest absolute Gasteiger partial charge is 0.332 e. The summed E-state index contributed by atoms with van der Waals surface area (Å²) in [6.07, 6.45) is 0.592. The number of anilines is 1. The Bertz CT molecular complexity index is 1750. The van der Waals surface area contributed by atoms with E-state index in [0.717, 1.165) is 38.9 Å². The third-order valence-corrected chi connectivity index (χ3v) is 9.27. The van der Waals surface area contributed by atoms with Crippen molar-refractivity contribution in [2.45, 2.75) is 45.1 Å². The first-order valence-corrected chi connectivity index (χ1v) is 16.5. The second kappa shape index (κ2) is 14.4. The van der Waals surface area contributed by atoms with E-state index in [-0.39, 0.29) is 30.9 Å². The number of benzene rings is 4. The average Bonchev–Trinajstić information content (AvgIpc) is 3.43. The molecule has 0 spiro atoms. The fourth-order valence-corrected chi connectivity index (χ4v) is 6.75. The van der Waals surface area contributed by atoms with Crippen LogP contribution in [0, 0.1) is 0 Å². The zero-order valence-corrected chi connectivity index (χ0v) is 28.1. The second-order valence-electron chi connectivity index (χ2n) is 12.6. The third-order valence-electron chi connectivity index (χ3n) is 9.27. The van der Waals surface area contributed by atoms with E-state index >= 15 is 0 Å². The van der Waals surface area contributed by atoms with Crippen LogP contribution < -0.4 is 15.0 Å². The van der Waals surface area contributed by atoms with Gasteiger partial charge in [0.25, 0.3) is 0 Å². The van der Waals surface area contributed by atoms with Crippen LogP contribution in [0.4, 0.5) is 10.5 Å². The molecule has 2 atom stereocenters. The highest BCUT2D eigenvalue weighted by atomic mass is 16.5. The van der Waals surface area contributed by atoms with Crippen LogP contribution in [0.5, 0.6) is 5.75 Å². The van der Waals surface area contributed by atoms with Crippen molar-refractivity contribution in [1.82, 2.24) is 25.1 Å². The average molecular weight is 649 g/mol. The molecule has 2 heterocycles. The molecule has 2 aliphatic heterocycles. The number of hydrogen-bond donors (Lipinski definition) is 1. The molecule has 10 nitrogen and oxygen atoms in total. The lowest BCUT2D eigenvalue weighted by Crippen LogP contribution is -2.66. The second-order valence-corrected chi connectivity index (χ2v) is 12.6. The van der Waals surface area contributed by atoms with E-state index in [1.54, 1.807) is 17.0 Å². The minimum absolute atomic E-state index is 0.0199. The van der Waals surface area contributed by atoms with E-state index in [9.17, 15) is 14.4 Å². The van der Waals surface area contributed by atoms with Crippen molar-refractivity contribution >= 4 is 34.3 Å². The highest BCUT2D eigenvalue weighted by Crippen LogP contribution is 2.31. The number of hydrogen-bond acceptors (Lipinski definition) is 6. The normalized spacial score (nSPS) is 17.8. The maximum absolute atomic E-state index is 14.4. The van der Waals surface area contributed by atoms with Crippen LogP contribution in [-0.4, -0.2) is 90.7 Å². The third kappa shape index (κ3) is 6.80. The molecule has 0 bridgehead atoms. The summed E-state index contributed by atoms with van der Waals surface area (Å²) in [5.41, 5.74) is 4.01. The first kappa shape index (κ1) is 32.8. The molecule has 2 saturated heterocycles. The number of nitrogens with one attached hydrogen (secondary N) is 1. The van der Waals surface area contributed by atoms with Gasteiger partial charge in [-0.2, -0.15) is 5.01 Å². The highest BCUT2D eigenvalue weighted by Gasteiger charge is 2.52. The lowest BCUT2D eigenvalue weighted by Gasteiger charge is -2.46. The van der Waals surface area contributed by atoms with Crippen molar-refractivity contribution in [3.63, 3.8) is 0 Å². The minimum atomic E-state index is -0.702. The van der Waals surface area contributed by atoms with Gasteiger partial charge in [0.05, 0.1) is 20.2 Å². The van der Waals surface area contributed by atoms with Crippen molar-refractivity contribution < 1.29 is 19.1 Å². The van der Waals surface area contributed by atoms with E-state index < -0.39 is 12.2 Å². The molecule has 48 heavy (non-hydrogen) atoms. The number of fused-ring (bicyclic) bond motifs is 2. The maximum Gasteiger partial charge on any atom is 0.332 e. The van der Waals surface area contributed by atoms with E-state index in [4.69, 9.17) is 4.74 Å². The monoisotopic (exact) mass is 648 g/mol. The van der Waals surface area contributed by atoms with Crippen molar-refractivity contribution in [3.05, 3.63) is 108 Å². The molecule has 1 N–H and O–H groups in total. The van der Waals surface area contributed by atoms with Crippen molar-refractivity contribution in [2.75, 3.05) is 45.7 Å². The highest BCUT2D eigenvalue weighted by molar-refractivity contribution is 5.92. The van der Waals surface area contributed by atoms with Gasteiger partial charge >= 0.3 is 6.03 Å². The number of rotatable bonds is 11. The number of amides is 4. The van der Waals surface area contributed by atoms with Crippen LogP contribution in [-0.2, 0) is 29.1 Å². The van der Waals surface area contributed by atoms with Crippen LogP contribution in [0.1, 0.15) is 30.0 Å². The van der Waals surface area contributed by atoms with E-state index in [1.165, 1.54) is 0 Å². The van der Waals surface area contributed by atoms with Gasteiger partial charge in [-0.1, -0.05) is 73.7 Å². The maximum atomic E-state index is 14.4. The van der Waals surface area contributed by atoms with Gasteiger partial charge in [-0.3, -0.25) is 14.6 Å². The fraction of sp³-hybridized carbons (Fsp3) is 0.342. The van der Waals surface area contributed by atoms with E-state index in [1.807, 2.05) is 103 Å². The van der Waals surface area contributed by atoms with Crippen LogP contribution in [0.15, 0.2) is 91.0 Å². The summed E-state index contributed by atoms with van der Waals surface area (Å²) in [4.78, 5) is 47.6. The SMILES string of the molecule is CCCN(C(=O)NCc1ccc(OC)cc1)N1CC(=O)N2[C@@H](Cc3ccc(N(C)C)cc3)C(=O)N(Cc3cccc4ccccc34)C[C@@H]21. The minimum Gasteiger partial charge on any atom is -0.497 e. The molecule has 250 valence electrons. The summed E-state index contributed by atoms with van der Waals surface area (Å²) in [6, 6.07) is 29.0. The molecular formula is C38H44N6O4. The van der Waals surface area contributed by atoms with E-state index in [0.29, 0.717) is 32.5 Å². The van der Waals surface area contributed by atoms with Crippen molar-refractivity contribution in [3.8, 4) is 5.75 Å². The summed E-state index contributed by atoms with van der Waals surface area (Å²) < 4.78 is 5.26. The molecule has 4 amide bonds. The Morgan fingerprint density at radius 1 is 0.917 bits per heavy atom. The molecule has 0 aliphatic carbocycles. The predicted molar refractivity (Wildman–Crippen MR) is 187 cm³/mol. The van der Waals surface area contributed by atoms with Gasteiger partial charge in [0, 0.05) is 45.8 Å². The zero-order valence-electron chi connectivity index (χ0n) is 28.1. The molecule has 0 radical (unpaired) electrons. The number of carbonyl (C=O) groups is 3. The van der Waals surface area contributed by atoms with Crippen LogP contribution in [0.2, 0.25) is 0 Å². The molecule has 10 heteroatoms. The molecule has 0 saturated carbocycles. The number of piperazine rings is 1. The summed E-state index contributed by atoms with van der Waals surface area (Å²) in [5, 5.41) is 8.76. The first-order valence-electron chi connectivity index (χ1n) is 16.5. The molecule has 4 aromatic rings. The molecule has 4 aromatic carbocycles. The summed E-state index contributed by atoms with van der Waals surface area (Å²) >= 11 is 0.